The van der Waals surface area contributed by atoms with Gasteiger partial charge in [-0.3, -0.25) is 4.79 Å². The highest BCUT2D eigenvalue weighted by Crippen LogP contribution is 2.19. The Balaban J connectivity index is 2.02. The van der Waals surface area contributed by atoms with E-state index >= 15 is 0 Å². The van der Waals surface area contributed by atoms with Crippen molar-refractivity contribution in [3.8, 4) is 0 Å². The van der Waals surface area contributed by atoms with Crippen LogP contribution in [0.4, 0.5) is 5.82 Å². The quantitative estimate of drug-likeness (QED) is 0.914. The molecule has 1 aromatic carbocycles. The van der Waals surface area contributed by atoms with E-state index in [0.717, 1.165) is 12.0 Å². The average molecular weight is 283 g/mol. The molecule has 2 aromatic rings. The highest BCUT2D eigenvalue weighted by molar-refractivity contribution is 5.94. The molecule has 0 fully saturated rings. The normalized spacial score (nSPS) is 12.2. The van der Waals surface area contributed by atoms with E-state index in [-0.39, 0.29) is 11.8 Å². The zero-order chi connectivity index (χ0) is 15.2. The van der Waals surface area contributed by atoms with Crippen molar-refractivity contribution in [2.24, 2.45) is 5.92 Å². The Kier molecular flexibility index (Phi) is 5.04. The van der Waals surface area contributed by atoms with Crippen molar-refractivity contribution >= 4 is 11.7 Å². The molecule has 0 radical (unpaired) electrons. The highest BCUT2D eigenvalue weighted by atomic mass is 16.1. The van der Waals surface area contributed by atoms with Gasteiger partial charge >= 0.3 is 0 Å². The maximum Gasteiger partial charge on any atom is 0.232 e. The molecule has 2 rings (SSSR count). The Morgan fingerprint density at radius 3 is 2.43 bits per heavy atom. The van der Waals surface area contributed by atoms with E-state index in [4.69, 9.17) is 0 Å². The molecule has 1 heterocycles. The number of carbonyl (C=O) groups excluding carboxylic acids is 1. The molecular formula is C17H21N3O. The average Bonchev–Trinajstić information content (AvgIpc) is 2.47. The minimum atomic E-state index is -0.222. The third-order valence-electron chi connectivity index (χ3n) is 3.34. The van der Waals surface area contributed by atoms with Crippen LogP contribution in [0.25, 0.3) is 0 Å². The van der Waals surface area contributed by atoms with Crippen LogP contribution in [0.1, 0.15) is 37.8 Å². The molecule has 4 nitrogen and oxygen atoms in total. The fourth-order valence-corrected chi connectivity index (χ4v) is 2.17. The second-order valence-electron chi connectivity index (χ2n) is 5.66. The van der Waals surface area contributed by atoms with E-state index in [1.54, 1.807) is 18.3 Å². The van der Waals surface area contributed by atoms with Crippen LogP contribution >= 0.6 is 0 Å². The number of benzene rings is 1. The number of amides is 1. The lowest BCUT2D eigenvalue weighted by Crippen LogP contribution is -2.19. The number of nitrogens with one attached hydrogen (secondary N) is 1. The molecule has 0 aliphatic heterocycles. The summed E-state index contributed by atoms with van der Waals surface area (Å²) in [4.78, 5) is 12.2. The summed E-state index contributed by atoms with van der Waals surface area (Å²) in [6.07, 6.45) is 2.63. The second kappa shape index (κ2) is 6.97. The van der Waals surface area contributed by atoms with E-state index in [1.165, 1.54) is 5.56 Å². The molecule has 0 bridgehead atoms. The molecule has 0 saturated carbocycles. The first-order chi connectivity index (χ1) is 10.1. The van der Waals surface area contributed by atoms with E-state index in [9.17, 15) is 4.79 Å². The van der Waals surface area contributed by atoms with Crippen LogP contribution in [0.2, 0.25) is 0 Å². The lowest BCUT2D eigenvalue weighted by molar-refractivity contribution is -0.117. The van der Waals surface area contributed by atoms with Gasteiger partial charge < -0.3 is 5.32 Å². The standard InChI is InChI=1S/C17H21N3O/c1-12(2)11-14-6-8-15(9-7-14)13(3)17(21)19-16-5-4-10-18-20-16/h4-10,12-13H,11H2,1-3H3,(H,19,20,21)/t13-/m0/s1. The van der Waals surface area contributed by atoms with Crippen LogP contribution in [0, 0.1) is 5.92 Å². The fraction of sp³-hybridized carbons (Fsp3) is 0.353. The number of aromatic nitrogens is 2. The summed E-state index contributed by atoms with van der Waals surface area (Å²) in [7, 11) is 0. The fourth-order valence-electron chi connectivity index (χ4n) is 2.17. The molecule has 0 saturated heterocycles. The van der Waals surface area contributed by atoms with E-state index in [0.29, 0.717) is 11.7 Å². The lowest BCUT2D eigenvalue weighted by atomic mass is 9.96. The summed E-state index contributed by atoms with van der Waals surface area (Å²) < 4.78 is 0. The predicted molar refractivity (Wildman–Crippen MR) is 84.1 cm³/mol. The molecule has 110 valence electrons. The van der Waals surface area contributed by atoms with Gasteiger partial charge in [-0.1, -0.05) is 38.1 Å². The second-order valence-corrected chi connectivity index (χ2v) is 5.66. The van der Waals surface area contributed by atoms with Crippen LogP contribution in [-0.2, 0) is 11.2 Å². The number of anilines is 1. The molecule has 0 spiro atoms. The van der Waals surface area contributed by atoms with E-state index in [2.05, 4.69) is 41.5 Å². The Bertz CT molecular complexity index is 579. The van der Waals surface area contributed by atoms with Crippen molar-refractivity contribution in [2.45, 2.75) is 33.1 Å². The molecule has 4 heteroatoms. The van der Waals surface area contributed by atoms with Crippen LogP contribution in [0.5, 0.6) is 0 Å². The largest absolute Gasteiger partial charge is 0.309 e. The first kappa shape index (κ1) is 15.2. The minimum Gasteiger partial charge on any atom is -0.309 e. The topological polar surface area (TPSA) is 54.9 Å². The van der Waals surface area contributed by atoms with Crippen molar-refractivity contribution in [1.29, 1.82) is 0 Å². The van der Waals surface area contributed by atoms with Gasteiger partial charge in [0.05, 0.1) is 5.92 Å². The summed E-state index contributed by atoms with van der Waals surface area (Å²) in [5.74, 6) is 0.811. The zero-order valence-corrected chi connectivity index (χ0v) is 12.7. The van der Waals surface area contributed by atoms with Crippen molar-refractivity contribution < 1.29 is 4.79 Å². The molecule has 1 amide bonds. The summed E-state index contributed by atoms with van der Waals surface area (Å²) in [6, 6.07) is 11.7. The van der Waals surface area contributed by atoms with Crippen LogP contribution in [-0.4, -0.2) is 16.1 Å². The van der Waals surface area contributed by atoms with Gasteiger partial charge in [0.15, 0.2) is 5.82 Å². The van der Waals surface area contributed by atoms with E-state index < -0.39 is 0 Å². The van der Waals surface area contributed by atoms with Gasteiger partial charge in [-0.2, -0.15) is 5.10 Å². The first-order valence-electron chi connectivity index (χ1n) is 7.23. The van der Waals surface area contributed by atoms with E-state index in [1.807, 2.05) is 19.1 Å². The molecule has 0 aliphatic rings. The smallest absolute Gasteiger partial charge is 0.232 e. The Morgan fingerprint density at radius 1 is 1.14 bits per heavy atom. The summed E-state index contributed by atoms with van der Waals surface area (Å²) in [5, 5.41) is 10.4. The lowest BCUT2D eigenvalue weighted by Gasteiger charge is -2.13. The SMILES string of the molecule is CC(C)Cc1ccc([C@H](C)C(=O)Nc2cccnn2)cc1. The maximum absolute atomic E-state index is 12.2. The number of hydrogen-bond acceptors (Lipinski definition) is 3. The molecule has 1 N–H and O–H groups in total. The Morgan fingerprint density at radius 2 is 1.86 bits per heavy atom. The van der Waals surface area contributed by atoms with Gasteiger partial charge in [-0.15, -0.1) is 5.10 Å². The Hall–Kier alpha value is -2.23. The van der Waals surface area contributed by atoms with Gasteiger partial charge in [0, 0.05) is 6.20 Å². The predicted octanol–water partition coefficient (Wildman–Crippen LogP) is 3.42. The molecule has 1 aromatic heterocycles. The first-order valence-corrected chi connectivity index (χ1v) is 7.23. The van der Waals surface area contributed by atoms with Gasteiger partial charge in [-0.25, -0.2) is 0 Å². The highest BCUT2D eigenvalue weighted by Gasteiger charge is 2.15. The molecular weight excluding hydrogens is 262 g/mol. The van der Waals surface area contributed by atoms with Crippen LogP contribution < -0.4 is 5.32 Å². The molecule has 21 heavy (non-hydrogen) atoms. The van der Waals surface area contributed by atoms with Crippen molar-refractivity contribution in [1.82, 2.24) is 10.2 Å². The third-order valence-corrected chi connectivity index (χ3v) is 3.34. The van der Waals surface area contributed by atoms with Gasteiger partial charge in [-0.05, 0) is 42.5 Å². The van der Waals surface area contributed by atoms with Gasteiger partial charge in [0.1, 0.15) is 0 Å². The number of nitrogens with zero attached hydrogens (tertiary/aromatic N) is 2. The zero-order valence-electron chi connectivity index (χ0n) is 12.7. The van der Waals surface area contributed by atoms with Crippen LogP contribution in [0.15, 0.2) is 42.6 Å². The molecule has 0 aliphatic carbocycles. The van der Waals surface area contributed by atoms with Crippen molar-refractivity contribution in [2.75, 3.05) is 5.32 Å². The maximum atomic E-state index is 12.2. The molecule has 1 atom stereocenters. The monoisotopic (exact) mass is 283 g/mol. The summed E-state index contributed by atoms with van der Waals surface area (Å²) >= 11 is 0. The number of carbonyl (C=O) groups is 1. The van der Waals surface area contributed by atoms with Gasteiger partial charge in [0.2, 0.25) is 5.91 Å². The summed E-state index contributed by atoms with van der Waals surface area (Å²) in [6.45, 7) is 6.29. The number of rotatable bonds is 5. The summed E-state index contributed by atoms with van der Waals surface area (Å²) in [5.41, 5.74) is 2.30. The van der Waals surface area contributed by atoms with Crippen LogP contribution in [0.3, 0.4) is 0 Å². The van der Waals surface area contributed by atoms with Gasteiger partial charge in [0.25, 0.3) is 0 Å². The molecule has 0 unspecified atom stereocenters. The minimum absolute atomic E-state index is 0.0768. The Labute approximate surface area is 125 Å². The van der Waals surface area contributed by atoms with Crippen molar-refractivity contribution in [3.05, 3.63) is 53.7 Å². The van der Waals surface area contributed by atoms with Crippen molar-refractivity contribution in [3.63, 3.8) is 0 Å². The third kappa shape index (κ3) is 4.38. The number of hydrogen-bond donors (Lipinski definition) is 1.